The third-order valence-electron chi connectivity index (χ3n) is 11.7. The highest BCUT2D eigenvalue weighted by Crippen LogP contribution is 2.54. The molecule has 4 aliphatic carbocycles. The van der Waals surface area contributed by atoms with Crippen molar-refractivity contribution in [2.45, 2.75) is 105 Å². The average molecular weight is 711 g/mol. The second kappa shape index (κ2) is 20.6. The number of rotatable bonds is 19. The summed E-state index contributed by atoms with van der Waals surface area (Å²) in [4.78, 5) is 51.9. The topological polar surface area (TPSA) is 105 Å². The van der Waals surface area contributed by atoms with Crippen molar-refractivity contribution in [2.24, 2.45) is 47.3 Å². The molecule has 10 heteroatoms. The van der Waals surface area contributed by atoms with Gasteiger partial charge in [-0.15, -0.1) is 15.8 Å². The van der Waals surface area contributed by atoms with E-state index in [2.05, 4.69) is 0 Å². The molecule has 0 aromatic heterocycles. The maximum atomic E-state index is 13.0. The first-order valence-electron chi connectivity index (χ1n) is 19.4. The summed E-state index contributed by atoms with van der Waals surface area (Å²) in [6.45, 7) is 9.25. The van der Waals surface area contributed by atoms with Crippen molar-refractivity contribution in [3.63, 3.8) is 0 Å². The summed E-state index contributed by atoms with van der Waals surface area (Å²) < 4.78 is 22.1. The lowest BCUT2D eigenvalue weighted by atomic mass is 9.98. The Morgan fingerprint density at radius 3 is 0.854 bits per heavy atom. The van der Waals surface area contributed by atoms with Gasteiger partial charge in [0, 0.05) is 0 Å². The van der Waals surface area contributed by atoms with E-state index in [4.69, 9.17) is 18.9 Å². The molecular weight excluding hydrogens is 646 g/mol. The number of carbonyl (C=O) groups is 4. The smallest absolute Gasteiger partial charge is 0.309 e. The summed E-state index contributed by atoms with van der Waals surface area (Å²) in [6, 6.07) is 0. The Morgan fingerprint density at radius 2 is 0.646 bits per heavy atom. The van der Waals surface area contributed by atoms with Crippen LogP contribution in [0.4, 0.5) is 0 Å². The molecule has 4 fully saturated rings. The van der Waals surface area contributed by atoms with Gasteiger partial charge in [-0.3, -0.25) is 19.2 Å². The van der Waals surface area contributed by atoms with Crippen molar-refractivity contribution in [3.05, 3.63) is 0 Å². The monoisotopic (exact) mass is 710 g/mol. The van der Waals surface area contributed by atoms with E-state index >= 15 is 0 Å². The van der Waals surface area contributed by atoms with Crippen LogP contribution in [0.5, 0.6) is 0 Å². The van der Waals surface area contributed by atoms with Gasteiger partial charge >= 0.3 is 23.9 Å². The Labute approximate surface area is 292 Å². The van der Waals surface area contributed by atoms with E-state index in [0.29, 0.717) is 50.1 Å². The number of carbonyl (C=O) groups excluding carboxylic acids is 4. The minimum absolute atomic E-state index is 0.00598. The first kappa shape index (κ1) is 39.5. The maximum absolute atomic E-state index is 13.0. The van der Waals surface area contributed by atoms with E-state index < -0.39 is 15.8 Å². The number of ether oxygens (including phenoxy) is 4. The molecule has 0 aliphatic heterocycles. The van der Waals surface area contributed by atoms with Crippen LogP contribution in [0, 0.1) is 47.3 Å². The van der Waals surface area contributed by atoms with Crippen molar-refractivity contribution in [1.82, 2.24) is 0 Å². The zero-order chi connectivity index (χ0) is 34.5. The predicted octanol–water partition coefficient (Wildman–Crippen LogP) is 7.87. The Bertz CT molecular complexity index is 882. The second-order valence-corrected chi connectivity index (χ2v) is 19.8. The Kier molecular flexibility index (Phi) is 16.9. The van der Waals surface area contributed by atoms with Gasteiger partial charge in [-0.25, -0.2) is 0 Å². The zero-order valence-corrected chi connectivity index (χ0v) is 32.1. The molecule has 0 N–H and O–H groups in total. The number of hydrogen-bond acceptors (Lipinski definition) is 8. The van der Waals surface area contributed by atoms with Gasteiger partial charge in [-0.2, -0.15) is 0 Å². The molecule has 8 nitrogen and oxygen atoms in total. The normalized spacial score (nSPS) is 31.3. The van der Waals surface area contributed by atoms with Gasteiger partial charge in [0.05, 0.1) is 50.1 Å². The third-order valence-corrected chi connectivity index (χ3v) is 17.7. The van der Waals surface area contributed by atoms with Gasteiger partial charge in [-0.1, -0.05) is 25.7 Å². The molecule has 0 bridgehead atoms. The maximum Gasteiger partial charge on any atom is 0.309 e. The Morgan fingerprint density at radius 1 is 0.417 bits per heavy atom. The number of esters is 4. The van der Waals surface area contributed by atoms with Crippen LogP contribution in [0.15, 0.2) is 0 Å². The first-order chi connectivity index (χ1) is 23.3. The Hall–Kier alpha value is -1.26. The van der Waals surface area contributed by atoms with Gasteiger partial charge in [0.1, 0.15) is 0 Å². The molecule has 6 unspecified atom stereocenters. The molecule has 274 valence electrons. The molecule has 0 saturated heterocycles. The van der Waals surface area contributed by atoms with E-state index in [1.807, 2.05) is 27.7 Å². The first-order valence-corrected chi connectivity index (χ1v) is 23.2. The van der Waals surface area contributed by atoms with E-state index in [-0.39, 0.29) is 47.5 Å². The molecule has 0 spiro atoms. The molecule has 0 radical (unpaired) electrons. The van der Waals surface area contributed by atoms with Crippen LogP contribution in [0.2, 0.25) is 0 Å². The molecule has 4 aliphatic rings. The standard InChI is InChI=1S/C38H64O8P2/c1-5-43-35(39)31-17-9-13-27(31)23-47(24-28-14-10-18-32(28)36(40)44-6-2)21-22-48(25-29-15-11-19-33(29)37(41)45-7-3)26-30-16-12-20-34(30)38(42)46-8-4/h27-34H,5-26H2,1-4H3/t27?,28?,29?,30?,31-,32-,33-,34?,47?,48?/m0/s1. The highest BCUT2D eigenvalue weighted by Gasteiger charge is 2.41. The second-order valence-electron chi connectivity index (χ2n) is 14.7. The summed E-state index contributed by atoms with van der Waals surface area (Å²) in [6.07, 6.45) is 18.8. The molecule has 0 aromatic carbocycles. The summed E-state index contributed by atoms with van der Waals surface area (Å²) in [5.41, 5.74) is 0. The van der Waals surface area contributed by atoms with Crippen LogP contribution in [0.1, 0.15) is 105 Å². The summed E-state index contributed by atoms with van der Waals surface area (Å²) in [5.74, 6) is 1.29. The molecule has 48 heavy (non-hydrogen) atoms. The minimum atomic E-state index is -0.413. The highest BCUT2D eigenvalue weighted by molar-refractivity contribution is 7.61. The molecule has 0 aromatic rings. The van der Waals surface area contributed by atoms with Crippen LogP contribution in [0.3, 0.4) is 0 Å². The van der Waals surface area contributed by atoms with Crippen LogP contribution >= 0.6 is 15.8 Å². The van der Waals surface area contributed by atoms with Crippen LogP contribution in [0.25, 0.3) is 0 Å². The third kappa shape index (κ3) is 11.1. The fourth-order valence-corrected chi connectivity index (χ4v) is 17.1. The van der Waals surface area contributed by atoms with Crippen molar-refractivity contribution in [1.29, 1.82) is 0 Å². The minimum Gasteiger partial charge on any atom is -0.466 e. The fourth-order valence-electron chi connectivity index (χ4n) is 9.38. The quantitative estimate of drug-likeness (QED) is 0.0758. The Balaban J connectivity index is 1.52. The van der Waals surface area contributed by atoms with E-state index in [1.165, 1.54) is 0 Å². The van der Waals surface area contributed by atoms with E-state index in [1.54, 1.807) is 0 Å². The van der Waals surface area contributed by atoms with Gasteiger partial charge < -0.3 is 18.9 Å². The molecule has 0 amide bonds. The van der Waals surface area contributed by atoms with Gasteiger partial charge in [0.25, 0.3) is 0 Å². The van der Waals surface area contributed by atoms with Gasteiger partial charge in [0.2, 0.25) is 0 Å². The average Bonchev–Trinajstić information content (AvgIpc) is 3.88. The molecular formula is C38H64O8P2. The van der Waals surface area contributed by atoms with Gasteiger partial charge in [0.15, 0.2) is 0 Å². The lowest BCUT2D eigenvalue weighted by molar-refractivity contribution is -0.150. The lowest BCUT2D eigenvalue weighted by Gasteiger charge is -2.32. The predicted molar refractivity (Wildman–Crippen MR) is 193 cm³/mol. The number of hydrogen-bond donors (Lipinski definition) is 0. The summed E-state index contributed by atoms with van der Waals surface area (Å²) in [5, 5.41) is 0. The summed E-state index contributed by atoms with van der Waals surface area (Å²) in [7, 11) is -0.827. The highest BCUT2D eigenvalue weighted by atomic mass is 31.1. The summed E-state index contributed by atoms with van der Waals surface area (Å²) >= 11 is 0. The molecule has 4 rings (SSSR count). The van der Waals surface area contributed by atoms with E-state index in [0.717, 1.165) is 114 Å². The van der Waals surface area contributed by atoms with Gasteiger partial charge in [-0.05, 0) is 140 Å². The van der Waals surface area contributed by atoms with E-state index in [9.17, 15) is 19.2 Å². The SMILES string of the molecule is CCOC(=O)C1CCCC1CP(CCP(CC1CCC[C@@H]1C(=O)OCC)CC1CCC[C@@H]1C(=O)OCC)CC1CCC[C@@H]1C(=O)OCC. The van der Waals surface area contributed by atoms with Crippen LogP contribution < -0.4 is 0 Å². The van der Waals surface area contributed by atoms with Crippen LogP contribution in [-0.2, 0) is 38.1 Å². The molecule has 9 atom stereocenters. The van der Waals surface area contributed by atoms with Crippen molar-refractivity contribution in [3.8, 4) is 0 Å². The lowest BCUT2D eigenvalue weighted by Crippen LogP contribution is -2.28. The fraction of sp³-hybridized carbons (Fsp3) is 0.895. The van der Waals surface area contributed by atoms with Crippen molar-refractivity contribution in [2.75, 3.05) is 63.4 Å². The van der Waals surface area contributed by atoms with Crippen LogP contribution in [-0.4, -0.2) is 87.3 Å². The molecule has 4 saturated carbocycles. The van der Waals surface area contributed by atoms with Crippen molar-refractivity contribution < 1.29 is 38.1 Å². The largest absolute Gasteiger partial charge is 0.466 e. The molecule has 0 heterocycles. The van der Waals surface area contributed by atoms with Crippen molar-refractivity contribution >= 4 is 39.7 Å². The zero-order valence-electron chi connectivity index (χ0n) is 30.3.